The Balaban J connectivity index is 4.26. The minimum Gasteiger partial charge on any atom is -0.462 e. The van der Waals surface area contributed by atoms with Crippen molar-refractivity contribution in [1.29, 1.82) is 0 Å². The fourth-order valence-corrected chi connectivity index (χ4v) is 6.44. The molecule has 0 aliphatic carbocycles. The Morgan fingerprint density at radius 1 is 0.383 bits per heavy atom. The van der Waals surface area contributed by atoms with Crippen LogP contribution in [0, 0.1) is 0 Å². The number of rotatable bonds is 44. The zero-order valence-corrected chi connectivity index (χ0v) is 39.2. The molecule has 5 nitrogen and oxygen atoms in total. The summed E-state index contributed by atoms with van der Waals surface area (Å²) >= 11 is 0. The third-order valence-electron chi connectivity index (χ3n) is 10.1. The lowest BCUT2D eigenvalue weighted by Crippen LogP contribution is -2.30. The maximum Gasteiger partial charge on any atom is 0.306 e. The maximum absolute atomic E-state index is 12.7. The molecule has 0 fully saturated rings. The van der Waals surface area contributed by atoms with Crippen LogP contribution in [0.25, 0.3) is 0 Å². The van der Waals surface area contributed by atoms with E-state index in [2.05, 4.69) is 118 Å². The molecule has 0 aliphatic heterocycles. The number of hydrogen-bond donors (Lipinski definition) is 0. The van der Waals surface area contributed by atoms with Crippen molar-refractivity contribution >= 4 is 11.9 Å². The molecule has 0 amide bonds. The van der Waals surface area contributed by atoms with E-state index >= 15 is 0 Å². The molecule has 0 heterocycles. The zero-order chi connectivity index (χ0) is 43.5. The molecule has 60 heavy (non-hydrogen) atoms. The number of esters is 2. The second-order valence-corrected chi connectivity index (χ2v) is 16.0. The molecule has 0 radical (unpaired) electrons. The van der Waals surface area contributed by atoms with E-state index in [1.165, 1.54) is 83.5 Å². The minimum absolute atomic E-state index is 0.0540. The number of hydrogen-bond acceptors (Lipinski definition) is 5. The van der Waals surface area contributed by atoms with Crippen LogP contribution in [0.15, 0.2) is 97.2 Å². The number of allylic oxidation sites excluding steroid dienone is 16. The number of carbonyl (C=O) groups is 2. The van der Waals surface area contributed by atoms with E-state index in [9.17, 15) is 9.59 Å². The van der Waals surface area contributed by atoms with E-state index in [4.69, 9.17) is 14.2 Å². The molecule has 5 heteroatoms. The van der Waals surface area contributed by atoms with Crippen molar-refractivity contribution in [1.82, 2.24) is 0 Å². The molecule has 0 spiro atoms. The smallest absolute Gasteiger partial charge is 0.306 e. The highest BCUT2D eigenvalue weighted by Crippen LogP contribution is 2.13. The Morgan fingerprint density at radius 2 is 0.750 bits per heavy atom. The third kappa shape index (κ3) is 47.5. The van der Waals surface area contributed by atoms with Crippen molar-refractivity contribution in [2.24, 2.45) is 0 Å². The Morgan fingerprint density at radius 3 is 1.23 bits per heavy atom. The summed E-state index contributed by atoms with van der Waals surface area (Å²) < 4.78 is 17.2. The normalized spacial score (nSPS) is 13.1. The van der Waals surface area contributed by atoms with Gasteiger partial charge < -0.3 is 14.2 Å². The molecule has 1 unspecified atom stereocenters. The van der Waals surface area contributed by atoms with Crippen LogP contribution in [0.5, 0.6) is 0 Å². The molecule has 0 saturated carbocycles. The summed E-state index contributed by atoms with van der Waals surface area (Å²) in [4.78, 5) is 25.2. The van der Waals surface area contributed by atoms with Crippen LogP contribution >= 0.6 is 0 Å². The molecule has 0 aromatic carbocycles. The lowest BCUT2D eigenvalue weighted by Gasteiger charge is -2.18. The van der Waals surface area contributed by atoms with Crippen LogP contribution in [-0.4, -0.2) is 37.9 Å². The SMILES string of the molecule is CC/C=C\C/C=C\C/C=C\C/C=C\C/C=C\C/C=C\CCCOCC(COC(=O)CCCCCCCCC/C=C\C/C=C\CCCCC)OC(=O)CCCCCCCCC. The molecule has 342 valence electrons. The number of carbonyl (C=O) groups excluding carboxylic acids is 2. The highest BCUT2D eigenvalue weighted by molar-refractivity contribution is 5.70. The van der Waals surface area contributed by atoms with E-state index < -0.39 is 6.10 Å². The number of ether oxygens (including phenoxy) is 3. The van der Waals surface area contributed by atoms with E-state index in [1.54, 1.807) is 0 Å². The quantitative estimate of drug-likeness (QED) is 0.0348. The topological polar surface area (TPSA) is 61.8 Å². The Labute approximate surface area is 371 Å². The van der Waals surface area contributed by atoms with E-state index in [1.807, 2.05) is 0 Å². The monoisotopic (exact) mass is 833 g/mol. The average molecular weight is 833 g/mol. The van der Waals surface area contributed by atoms with Crippen LogP contribution < -0.4 is 0 Å². The van der Waals surface area contributed by atoms with Gasteiger partial charge in [-0.05, 0) is 96.3 Å². The first-order chi connectivity index (χ1) is 29.6. The maximum atomic E-state index is 12.7. The van der Waals surface area contributed by atoms with Crippen molar-refractivity contribution in [2.45, 2.75) is 219 Å². The third-order valence-corrected chi connectivity index (χ3v) is 10.1. The highest BCUT2D eigenvalue weighted by atomic mass is 16.6. The van der Waals surface area contributed by atoms with Gasteiger partial charge in [-0.2, -0.15) is 0 Å². The highest BCUT2D eigenvalue weighted by Gasteiger charge is 2.17. The fourth-order valence-electron chi connectivity index (χ4n) is 6.44. The van der Waals surface area contributed by atoms with Crippen molar-refractivity contribution in [3.63, 3.8) is 0 Å². The first kappa shape index (κ1) is 56.8. The Bertz CT molecular complexity index is 1170. The van der Waals surface area contributed by atoms with Gasteiger partial charge in [-0.25, -0.2) is 0 Å². The Kier molecular flexibility index (Phi) is 47.5. The average Bonchev–Trinajstić information content (AvgIpc) is 3.25. The molecule has 1 atom stereocenters. The van der Waals surface area contributed by atoms with Gasteiger partial charge in [0.2, 0.25) is 0 Å². The van der Waals surface area contributed by atoms with Crippen LogP contribution in [0.2, 0.25) is 0 Å². The molecule has 0 aromatic rings. The molecule has 0 bridgehead atoms. The van der Waals surface area contributed by atoms with Gasteiger partial charge in [-0.15, -0.1) is 0 Å². The van der Waals surface area contributed by atoms with E-state index in [-0.39, 0.29) is 25.2 Å². The zero-order valence-electron chi connectivity index (χ0n) is 39.2. The predicted octanol–water partition coefficient (Wildman–Crippen LogP) is 16.7. The second-order valence-electron chi connectivity index (χ2n) is 16.0. The lowest BCUT2D eigenvalue weighted by molar-refractivity contribution is -0.163. The molecule has 0 aromatic heterocycles. The molecular formula is C55H92O5. The van der Waals surface area contributed by atoms with Crippen LogP contribution in [0.3, 0.4) is 0 Å². The standard InChI is InChI=1S/C55H92O5/c1-4-7-10-13-16-18-20-22-24-26-27-28-30-32-34-36-38-41-44-47-50-58-51-53(60-55(57)49-46-43-39-15-12-9-6-3)52-59-54(56)48-45-42-40-37-35-33-31-29-25-23-21-19-17-14-11-8-5-2/h7,10,16-19,22-25,27-28,32,34,38,41,53H,4-6,8-9,11-15,20-21,26,29-31,33,35-37,39-40,42-52H2,1-3H3/b10-7-,18-16-,19-17-,24-22-,25-23-,28-27-,34-32-,41-38-. The predicted molar refractivity (Wildman–Crippen MR) is 260 cm³/mol. The van der Waals surface area contributed by atoms with Gasteiger partial charge in [0.05, 0.1) is 6.61 Å². The minimum atomic E-state index is -0.571. The summed E-state index contributed by atoms with van der Waals surface area (Å²) in [5.41, 5.74) is 0. The Hall–Kier alpha value is -3.18. The van der Waals surface area contributed by atoms with Crippen LogP contribution in [-0.2, 0) is 23.8 Å². The molecular weight excluding hydrogens is 741 g/mol. The second kappa shape index (κ2) is 50.2. The first-order valence-corrected chi connectivity index (χ1v) is 24.8. The van der Waals surface area contributed by atoms with Crippen molar-refractivity contribution in [3.05, 3.63) is 97.2 Å². The van der Waals surface area contributed by atoms with Crippen LogP contribution in [0.4, 0.5) is 0 Å². The van der Waals surface area contributed by atoms with Gasteiger partial charge in [-0.1, -0.05) is 201 Å². The summed E-state index contributed by atoms with van der Waals surface area (Å²) in [5, 5.41) is 0. The lowest BCUT2D eigenvalue weighted by atomic mass is 10.1. The molecule has 0 aliphatic rings. The molecule has 0 rings (SSSR count). The first-order valence-electron chi connectivity index (χ1n) is 24.8. The van der Waals surface area contributed by atoms with Crippen LogP contribution in [0.1, 0.15) is 213 Å². The van der Waals surface area contributed by atoms with Gasteiger partial charge in [0.25, 0.3) is 0 Å². The fraction of sp³-hybridized carbons (Fsp3) is 0.673. The van der Waals surface area contributed by atoms with E-state index in [0.717, 1.165) is 96.3 Å². The van der Waals surface area contributed by atoms with Gasteiger partial charge in [0.15, 0.2) is 6.10 Å². The molecule has 0 N–H and O–H groups in total. The van der Waals surface area contributed by atoms with E-state index in [0.29, 0.717) is 19.4 Å². The van der Waals surface area contributed by atoms with Crippen molar-refractivity contribution in [2.75, 3.05) is 19.8 Å². The summed E-state index contributed by atoms with van der Waals surface area (Å²) in [7, 11) is 0. The summed E-state index contributed by atoms with van der Waals surface area (Å²) in [6.45, 7) is 7.49. The largest absolute Gasteiger partial charge is 0.462 e. The summed E-state index contributed by atoms with van der Waals surface area (Å²) in [5.74, 6) is -0.448. The van der Waals surface area contributed by atoms with Crippen molar-refractivity contribution < 1.29 is 23.8 Å². The molecule has 0 saturated heterocycles. The number of unbranched alkanes of at least 4 members (excludes halogenated alkanes) is 17. The van der Waals surface area contributed by atoms with Gasteiger partial charge >= 0.3 is 11.9 Å². The van der Waals surface area contributed by atoms with Gasteiger partial charge in [0.1, 0.15) is 6.61 Å². The van der Waals surface area contributed by atoms with Gasteiger partial charge in [0, 0.05) is 19.4 Å². The van der Waals surface area contributed by atoms with Crippen molar-refractivity contribution in [3.8, 4) is 0 Å². The summed E-state index contributed by atoms with van der Waals surface area (Å²) in [6, 6.07) is 0. The van der Waals surface area contributed by atoms with Gasteiger partial charge in [-0.3, -0.25) is 9.59 Å². The summed E-state index contributed by atoms with van der Waals surface area (Å²) in [6.07, 6.45) is 67.2.